The Bertz CT molecular complexity index is 1050. The molecule has 1 amide bonds. The van der Waals surface area contributed by atoms with E-state index in [0.29, 0.717) is 34.2 Å². The summed E-state index contributed by atoms with van der Waals surface area (Å²) in [6.45, 7) is 4.74. The van der Waals surface area contributed by atoms with Crippen molar-refractivity contribution in [1.82, 2.24) is 14.9 Å². The predicted molar refractivity (Wildman–Crippen MR) is 115 cm³/mol. The SMILES string of the molecule is CCCNC(=O)[C@@H](C)Sc1nc2ccccc2c(=O)n1Cc1ccccc1Cl. The molecular weight excluding hydrogens is 394 g/mol. The van der Waals surface area contributed by atoms with Crippen LogP contribution in [0.15, 0.2) is 58.5 Å². The molecule has 0 bridgehead atoms. The van der Waals surface area contributed by atoms with Crippen LogP contribution in [0.25, 0.3) is 10.9 Å². The highest BCUT2D eigenvalue weighted by molar-refractivity contribution is 8.00. The highest BCUT2D eigenvalue weighted by Crippen LogP contribution is 2.24. The topological polar surface area (TPSA) is 64.0 Å². The molecule has 1 N–H and O–H groups in total. The second kappa shape index (κ2) is 9.26. The number of rotatable bonds is 7. The third kappa shape index (κ3) is 4.56. The van der Waals surface area contributed by atoms with Crippen LogP contribution in [0.3, 0.4) is 0 Å². The normalized spacial score (nSPS) is 12.1. The van der Waals surface area contributed by atoms with Crippen molar-refractivity contribution in [2.75, 3.05) is 6.54 Å². The Morgan fingerprint density at radius 1 is 1.21 bits per heavy atom. The summed E-state index contributed by atoms with van der Waals surface area (Å²) in [6, 6.07) is 14.6. The van der Waals surface area contributed by atoms with Crippen LogP contribution >= 0.6 is 23.4 Å². The first-order valence-corrected chi connectivity index (χ1v) is 10.4. The summed E-state index contributed by atoms with van der Waals surface area (Å²) in [6.07, 6.45) is 0.870. The highest BCUT2D eigenvalue weighted by atomic mass is 35.5. The second-order valence-corrected chi connectivity index (χ2v) is 8.16. The lowest BCUT2D eigenvalue weighted by Gasteiger charge is -2.17. The van der Waals surface area contributed by atoms with Crippen molar-refractivity contribution in [2.24, 2.45) is 0 Å². The summed E-state index contributed by atoms with van der Waals surface area (Å²) in [5.74, 6) is -0.0708. The zero-order valence-corrected chi connectivity index (χ0v) is 17.4. The molecule has 0 unspecified atom stereocenters. The number of benzene rings is 2. The Balaban J connectivity index is 2.03. The fourth-order valence-corrected chi connectivity index (χ4v) is 3.91. The van der Waals surface area contributed by atoms with E-state index in [0.717, 1.165) is 12.0 Å². The van der Waals surface area contributed by atoms with Crippen LogP contribution in [0, 0.1) is 0 Å². The quantitative estimate of drug-likeness (QED) is 0.466. The Labute approximate surface area is 173 Å². The van der Waals surface area contributed by atoms with E-state index in [4.69, 9.17) is 11.6 Å². The van der Waals surface area contributed by atoms with Crippen LogP contribution in [0.5, 0.6) is 0 Å². The molecule has 3 aromatic rings. The van der Waals surface area contributed by atoms with Crippen molar-refractivity contribution in [3.8, 4) is 0 Å². The Kier molecular flexibility index (Phi) is 6.75. The largest absolute Gasteiger partial charge is 0.355 e. The molecule has 28 heavy (non-hydrogen) atoms. The molecule has 0 fully saturated rings. The number of aromatic nitrogens is 2. The molecule has 1 aromatic heterocycles. The molecule has 2 aromatic carbocycles. The summed E-state index contributed by atoms with van der Waals surface area (Å²) >= 11 is 7.58. The number of nitrogens with zero attached hydrogens (tertiary/aromatic N) is 2. The van der Waals surface area contributed by atoms with Crippen LogP contribution in [0.4, 0.5) is 0 Å². The third-order valence-electron chi connectivity index (χ3n) is 4.31. The van der Waals surface area contributed by atoms with E-state index in [2.05, 4.69) is 10.3 Å². The van der Waals surface area contributed by atoms with Gasteiger partial charge in [-0.15, -0.1) is 0 Å². The number of fused-ring (bicyclic) bond motifs is 1. The zero-order chi connectivity index (χ0) is 20.1. The minimum Gasteiger partial charge on any atom is -0.355 e. The molecular formula is C21H22ClN3O2S. The Hall–Kier alpha value is -2.31. The molecule has 1 heterocycles. The van der Waals surface area contributed by atoms with Gasteiger partial charge in [-0.1, -0.05) is 60.6 Å². The molecule has 0 aliphatic rings. The van der Waals surface area contributed by atoms with Gasteiger partial charge in [0.25, 0.3) is 5.56 Å². The fourth-order valence-electron chi connectivity index (χ4n) is 2.78. The number of halogens is 1. The summed E-state index contributed by atoms with van der Waals surface area (Å²) in [4.78, 5) is 30.1. The van der Waals surface area contributed by atoms with E-state index in [-0.39, 0.29) is 16.7 Å². The molecule has 0 saturated carbocycles. The first-order valence-electron chi connectivity index (χ1n) is 9.18. The average molecular weight is 416 g/mol. The van der Waals surface area contributed by atoms with Gasteiger partial charge in [0.15, 0.2) is 5.16 Å². The number of carbonyl (C=O) groups is 1. The first-order chi connectivity index (χ1) is 13.5. The average Bonchev–Trinajstić information content (AvgIpc) is 2.70. The maximum atomic E-state index is 13.2. The van der Waals surface area contributed by atoms with Gasteiger partial charge in [-0.3, -0.25) is 14.2 Å². The highest BCUT2D eigenvalue weighted by Gasteiger charge is 2.19. The van der Waals surface area contributed by atoms with E-state index >= 15 is 0 Å². The van der Waals surface area contributed by atoms with Gasteiger partial charge in [0.1, 0.15) is 0 Å². The third-order valence-corrected chi connectivity index (χ3v) is 5.77. The minimum absolute atomic E-state index is 0.0708. The van der Waals surface area contributed by atoms with Gasteiger partial charge in [-0.05, 0) is 37.1 Å². The monoisotopic (exact) mass is 415 g/mol. The molecule has 1 atom stereocenters. The van der Waals surface area contributed by atoms with E-state index in [1.54, 1.807) is 16.7 Å². The number of hydrogen-bond acceptors (Lipinski definition) is 4. The van der Waals surface area contributed by atoms with E-state index in [1.165, 1.54) is 11.8 Å². The number of nitrogens with one attached hydrogen (secondary N) is 1. The van der Waals surface area contributed by atoms with E-state index < -0.39 is 0 Å². The van der Waals surface area contributed by atoms with Crippen molar-refractivity contribution in [1.29, 1.82) is 0 Å². The van der Waals surface area contributed by atoms with Crippen molar-refractivity contribution >= 4 is 40.2 Å². The first kappa shape index (κ1) is 20.4. The summed E-state index contributed by atoms with van der Waals surface area (Å²) in [7, 11) is 0. The van der Waals surface area contributed by atoms with Crippen molar-refractivity contribution in [3.05, 3.63) is 69.5 Å². The number of thioether (sulfide) groups is 1. The van der Waals surface area contributed by atoms with Gasteiger partial charge in [-0.25, -0.2) is 4.98 Å². The second-order valence-electron chi connectivity index (χ2n) is 6.45. The van der Waals surface area contributed by atoms with E-state index in [9.17, 15) is 9.59 Å². The van der Waals surface area contributed by atoms with Crippen LogP contribution in [-0.4, -0.2) is 27.3 Å². The van der Waals surface area contributed by atoms with Crippen LogP contribution in [-0.2, 0) is 11.3 Å². The van der Waals surface area contributed by atoms with Gasteiger partial charge >= 0.3 is 0 Å². The molecule has 0 radical (unpaired) electrons. The summed E-state index contributed by atoms with van der Waals surface area (Å²) in [5.41, 5.74) is 1.30. The molecule has 0 aliphatic carbocycles. The number of para-hydroxylation sites is 1. The van der Waals surface area contributed by atoms with Crippen molar-refractivity contribution in [3.63, 3.8) is 0 Å². The Morgan fingerprint density at radius 2 is 1.93 bits per heavy atom. The van der Waals surface area contributed by atoms with Gasteiger partial charge in [0.2, 0.25) is 5.91 Å². The van der Waals surface area contributed by atoms with Gasteiger partial charge in [0.05, 0.1) is 22.7 Å². The van der Waals surface area contributed by atoms with Crippen LogP contribution in [0.2, 0.25) is 5.02 Å². The maximum absolute atomic E-state index is 13.2. The number of amides is 1. The van der Waals surface area contributed by atoms with Crippen molar-refractivity contribution < 1.29 is 4.79 Å². The van der Waals surface area contributed by atoms with Crippen LogP contribution in [0.1, 0.15) is 25.8 Å². The zero-order valence-electron chi connectivity index (χ0n) is 15.8. The molecule has 0 aliphatic heterocycles. The molecule has 0 saturated heterocycles. The smallest absolute Gasteiger partial charge is 0.262 e. The standard InChI is InChI=1S/C21H22ClN3O2S/c1-3-12-23-19(26)14(2)28-21-24-18-11-7-5-9-16(18)20(27)25(21)13-15-8-4-6-10-17(15)22/h4-11,14H,3,12-13H2,1-2H3,(H,23,26)/t14-/m1/s1. The van der Waals surface area contributed by atoms with Crippen molar-refractivity contribution in [2.45, 2.75) is 37.2 Å². The predicted octanol–water partition coefficient (Wildman–Crippen LogP) is 4.11. The maximum Gasteiger partial charge on any atom is 0.262 e. The minimum atomic E-state index is -0.378. The lowest BCUT2D eigenvalue weighted by Crippen LogP contribution is -2.32. The fraction of sp³-hybridized carbons (Fsp3) is 0.286. The Morgan fingerprint density at radius 3 is 2.68 bits per heavy atom. The molecule has 146 valence electrons. The number of carbonyl (C=O) groups excluding carboxylic acids is 1. The van der Waals surface area contributed by atoms with E-state index in [1.807, 2.05) is 50.2 Å². The molecule has 5 nitrogen and oxygen atoms in total. The molecule has 7 heteroatoms. The number of hydrogen-bond donors (Lipinski definition) is 1. The van der Waals surface area contributed by atoms with Gasteiger partial charge in [-0.2, -0.15) is 0 Å². The molecule has 0 spiro atoms. The molecule has 3 rings (SSSR count). The van der Waals surface area contributed by atoms with Crippen LogP contribution < -0.4 is 10.9 Å². The lowest BCUT2D eigenvalue weighted by atomic mass is 10.2. The lowest BCUT2D eigenvalue weighted by molar-refractivity contribution is -0.120. The van der Waals surface area contributed by atoms with Gasteiger partial charge in [0, 0.05) is 11.6 Å². The summed E-state index contributed by atoms with van der Waals surface area (Å²) in [5, 5.41) is 4.14. The summed E-state index contributed by atoms with van der Waals surface area (Å²) < 4.78 is 1.60. The van der Waals surface area contributed by atoms with Gasteiger partial charge < -0.3 is 5.32 Å².